The number of aromatic nitrogens is 1. The van der Waals surface area contributed by atoms with Gasteiger partial charge in [0.2, 0.25) is 5.91 Å². The molecule has 3 heterocycles. The van der Waals surface area contributed by atoms with Crippen LogP contribution in [0, 0.1) is 0 Å². The Morgan fingerprint density at radius 1 is 1.38 bits per heavy atom. The molecule has 0 aromatic carbocycles. The number of nitrogens with one attached hydrogen (secondary N) is 2. The van der Waals surface area contributed by atoms with E-state index >= 15 is 0 Å². The van der Waals surface area contributed by atoms with Gasteiger partial charge in [-0.05, 0) is 57.5 Å². The summed E-state index contributed by atoms with van der Waals surface area (Å²) in [7, 11) is 0. The number of hydrogen-bond donors (Lipinski definition) is 2. The second kappa shape index (κ2) is 6.73. The van der Waals surface area contributed by atoms with Crippen molar-refractivity contribution >= 4 is 23.2 Å². The van der Waals surface area contributed by atoms with Crippen LogP contribution in [0.5, 0.6) is 0 Å². The lowest BCUT2D eigenvalue weighted by molar-refractivity contribution is -0.121. The van der Waals surface area contributed by atoms with Crippen LogP contribution in [0.25, 0.3) is 0 Å². The van der Waals surface area contributed by atoms with E-state index < -0.39 is 0 Å². The highest BCUT2D eigenvalue weighted by Gasteiger charge is 2.35. The summed E-state index contributed by atoms with van der Waals surface area (Å²) in [5.41, 5.74) is 0.598. The highest BCUT2D eigenvalue weighted by atomic mass is 35.5. The summed E-state index contributed by atoms with van der Waals surface area (Å²) in [6.07, 6.45) is 5.88. The SMILES string of the molecule is O=C(Nc1cccnc1Cl)C1CCCN1C1CCNCC1. The topological polar surface area (TPSA) is 57.3 Å². The zero-order valence-corrected chi connectivity index (χ0v) is 12.8. The quantitative estimate of drug-likeness (QED) is 0.837. The molecule has 2 aliphatic heterocycles. The van der Waals surface area contributed by atoms with Gasteiger partial charge in [-0.2, -0.15) is 0 Å². The van der Waals surface area contributed by atoms with Crippen LogP contribution in [0.4, 0.5) is 5.69 Å². The largest absolute Gasteiger partial charge is 0.322 e. The van der Waals surface area contributed by atoms with Gasteiger partial charge in [-0.3, -0.25) is 9.69 Å². The molecule has 0 aliphatic carbocycles. The Labute approximate surface area is 130 Å². The van der Waals surface area contributed by atoms with Crippen molar-refractivity contribution in [2.24, 2.45) is 0 Å². The summed E-state index contributed by atoms with van der Waals surface area (Å²) < 4.78 is 0. The average molecular weight is 309 g/mol. The van der Waals surface area contributed by atoms with Crippen molar-refractivity contribution in [1.29, 1.82) is 0 Å². The maximum Gasteiger partial charge on any atom is 0.241 e. The van der Waals surface area contributed by atoms with Gasteiger partial charge < -0.3 is 10.6 Å². The fraction of sp³-hybridized carbons (Fsp3) is 0.600. The Hall–Kier alpha value is -1.17. The number of amides is 1. The third-order valence-corrected chi connectivity index (χ3v) is 4.69. The highest BCUT2D eigenvalue weighted by Crippen LogP contribution is 2.26. The number of nitrogens with zero attached hydrogens (tertiary/aromatic N) is 2. The van der Waals surface area contributed by atoms with E-state index in [0.29, 0.717) is 16.9 Å². The van der Waals surface area contributed by atoms with E-state index in [2.05, 4.69) is 20.5 Å². The third-order valence-electron chi connectivity index (χ3n) is 4.39. The van der Waals surface area contributed by atoms with Gasteiger partial charge in [0.1, 0.15) is 0 Å². The first-order chi connectivity index (χ1) is 10.3. The Morgan fingerprint density at radius 3 is 2.95 bits per heavy atom. The number of likely N-dealkylation sites (tertiary alicyclic amines) is 1. The minimum absolute atomic E-state index is 0.0376. The average Bonchev–Trinajstić information content (AvgIpc) is 3.00. The van der Waals surface area contributed by atoms with Crippen LogP contribution in [0.15, 0.2) is 18.3 Å². The first kappa shape index (κ1) is 14.8. The van der Waals surface area contributed by atoms with Gasteiger partial charge in [0.25, 0.3) is 0 Å². The first-order valence-corrected chi connectivity index (χ1v) is 8.01. The summed E-state index contributed by atoms with van der Waals surface area (Å²) >= 11 is 6.01. The predicted octanol–water partition coefficient (Wildman–Crippen LogP) is 1.89. The van der Waals surface area contributed by atoms with Crippen LogP contribution in [0.1, 0.15) is 25.7 Å². The van der Waals surface area contributed by atoms with Gasteiger partial charge in [-0.15, -0.1) is 0 Å². The maximum absolute atomic E-state index is 12.6. The van der Waals surface area contributed by atoms with Crippen molar-refractivity contribution in [3.8, 4) is 0 Å². The zero-order valence-electron chi connectivity index (χ0n) is 12.0. The van der Waals surface area contributed by atoms with Gasteiger partial charge in [-0.25, -0.2) is 4.98 Å². The summed E-state index contributed by atoms with van der Waals surface area (Å²) in [6.45, 7) is 3.11. The summed E-state index contributed by atoms with van der Waals surface area (Å²) in [4.78, 5) is 18.9. The highest BCUT2D eigenvalue weighted by molar-refractivity contribution is 6.32. The van der Waals surface area contributed by atoms with Gasteiger partial charge in [0.05, 0.1) is 11.7 Å². The minimum atomic E-state index is -0.0376. The van der Waals surface area contributed by atoms with E-state index in [1.54, 1.807) is 18.3 Å². The molecule has 0 saturated carbocycles. The molecule has 1 atom stereocenters. The molecule has 6 heteroatoms. The van der Waals surface area contributed by atoms with E-state index in [1.807, 2.05) is 0 Å². The number of hydrogen-bond acceptors (Lipinski definition) is 4. The Bertz CT molecular complexity index is 504. The lowest BCUT2D eigenvalue weighted by Gasteiger charge is -2.35. The first-order valence-electron chi connectivity index (χ1n) is 7.63. The van der Waals surface area contributed by atoms with Crippen molar-refractivity contribution in [3.05, 3.63) is 23.5 Å². The van der Waals surface area contributed by atoms with Gasteiger partial charge >= 0.3 is 0 Å². The number of halogens is 1. The van der Waals surface area contributed by atoms with E-state index in [-0.39, 0.29) is 11.9 Å². The predicted molar refractivity (Wildman–Crippen MR) is 83.5 cm³/mol. The number of piperidine rings is 1. The summed E-state index contributed by atoms with van der Waals surface area (Å²) in [5, 5.41) is 6.65. The summed E-state index contributed by atoms with van der Waals surface area (Å²) in [6, 6.07) is 4.05. The number of anilines is 1. The second-order valence-electron chi connectivity index (χ2n) is 5.71. The van der Waals surface area contributed by atoms with E-state index in [9.17, 15) is 4.79 Å². The number of rotatable bonds is 3. The third kappa shape index (κ3) is 3.36. The van der Waals surface area contributed by atoms with Gasteiger partial charge in [-0.1, -0.05) is 11.6 Å². The van der Waals surface area contributed by atoms with Crippen LogP contribution in [0.2, 0.25) is 5.15 Å². The number of pyridine rings is 1. The molecule has 3 rings (SSSR count). The standard InChI is InChI=1S/C15H21ClN4O/c16-14-12(3-1-7-18-14)19-15(21)13-4-2-10-20(13)11-5-8-17-9-6-11/h1,3,7,11,13,17H,2,4-6,8-10H2,(H,19,21). The lowest BCUT2D eigenvalue weighted by Crippen LogP contribution is -2.49. The zero-order chi connectivity index (χ0) is 14.7. The molecular weight excluding hydrogens is 288 g/mol. The molecule has 5 nitrogen and oxygen atoms in total. The van der Waals surface area contributed by atoms with Gasteiger partial charge in [0.15, 0.2) is 5.15 Å². The molecule has 0 radical (unpaired) electrons. The molecule has 1 amide bonds. The Balaban J connectivity index is 1.67. The second-order valence-corrected chi connectivity index (χ2v) is 6.07. The van der Waals surface area contributed by atoms with Crippen molar-refractivity contribution in [3.63, 3.8) is 0 Å². The van der Waals surface area contributed by atoms with Crippen LogP contribution in [-0.2, 0) is 4.79 Å². The summed E-state index contributed by atoms with van der Waals surface area (Å²) in [5.74, 6) is 0.0425. The molecule has 1 aromatic rings. The molecule has 1 unspecified atom stereocenters. The van der Waals surface area contributed by atoms with Crippen LogP contribution in [-0.4, -0.2) is 47.5 Å². The molecule has 0 bridgehead atoms. The van der Waals surface area contributed by atoms with E-state index in [1.165, 1.54) is 0 Å². The maximum atomic E-state index is 12.6. The van der Waals surface area contributed by atoms with Crippen molar-refractivity contribution in [2.75, 3.05) is 25.0 Å². The molecule has 2 fully saturated rings. The Morgan fingerprint density at radius 2 is 2.19 bits per heavy atom. The molecule has 2 aliphatic rings. The molecular formula is C15H21ClN4O. The van der Waals surface area contributed by atoms with E-state index in [4.69, 9.17) is 11.6 Å². The molecule has 2 saturated heterocycles. The van der Waals surface area contributed by atoms with Crippen LogP contribution in [0.3, 0.4) is 0 Å². The molecule has 21 heavy (non-hydrogen) atoms. The molecule has 1 aromatic heterocycles. The molecule has 2 N–H and O–H groups in total. The fourth-order valence-electron chi connectivity index (χ4n) is 3.34. The molecule has 0 spiro atoms. The smallest absolute Gasteiger partial charge is 0.241 e. The lowest BCUT2D eigenvalue weighted by atomic mass is 10.0. The van der Waals surface area contributed by atoms with Crippen LogP contribution >= 0.6 is 11.6 Å². The van der Waals surface area contributed by atoms with Crippen LogP contribution < -0.4 is 10.6 Å². The van der Waals surface area contributed by atoms with Crippen molar-refractivity contribution < 1.29 is 4.79 Å². The normalized spacial score (nSPS) is 24.1. The van der Waals surface area contributed by atoms with Crippen molar-refractivity contribution in [1.82, 2.24) is 15.2 Å². The Kier molecular flexibility index (Phi) is 4.73. The number of carbonyl (C=O) groups excluding carboxylic acids is 1. The minimum Gasteiger partial charge on any atom is -0.322 e. The number of carbonyl (C=O) groups is 1. The monoisotopic (exact) mass is 308 g/mol. The fourth-order valence-corrected chi connectivity index (χ4v) is 3.51. The molecule has 114 valence electrons. The van der Waals surface area contributed by atoms with Gasteiger partial charge in [0, 0.05) is 12.2 Å². The van der Waals surface area contributed by atoms with Crippen molar-refractivity contribution in [2.45, 2.75) is 37.8 Å². The van der Waals surface area contributed by atoms with E-state index in [0.717, 1.165) is 45.3 Å².